The molecule has 0 aliphatic carbocycles. The van der Waals surface area contributed by atoms with E-state index in [0.29, 0.717) is 17.1 Å². The summed E-state index contributed by atoms with van der Waals surface area (Å²) in [6, 6.07) is 3.88. The van der Waals surface area contributed by atoms with Crippen molar-refractivity contribution in [3.8, 4) is 10.6 Å². The second-order valence-corrected chi connectivity index (χ2v) is 5.97. The van der Waals surface area contributed by atoms with Gasteiger partial charge in [0.2, 0.25) is 0 Å². The molecular formula is C12H13N3O2S2. The molecule has 0 aromatic carbocycles. The van der Waals surface area contributed by atoms with Gasteiger partial charge in [-0.3, -0.25) is 4.79 Å². The van der Waals surface area contributed by atoms with E-state index in [9.17, 15) is 4.79 Å². The molecule has 1 atom stereocenters. The Balaban J connectivity index is 1.68. The van der Waals surface area contributed by atoms with Crippen molar-refractivity contribution in [3.63, 3.8) is 0 Å². The Kier molecular flexibility index (Phi) is 3.86. The molecular weight excluding hydrogens is 282 g/mol. The first-order valence-corrected chi connectivity index (χ1v) is 7.76. The van der Waals surface area contributed by atoms with Crippen molar-refractivity contribution >= 4 is 28.8 Å². The zero-order valence-electron chi connectivity index (χ0n) is 10.2. The molecule has 0 bridgehead atoms. The second kappa shape index (κ2) is 5.77. The first kappa shape index (κ1) is 12.7. The van der Waals surface area contributed by atoms with E-state index in [2.05, 4.69) is 14.9 Å². The zero-order chi connectivity index (χ0) is 13.1. The number of nitrogens with one attached hydrogen (secondary N) is 1. The Morgan fingerprint density at radius 2 is 2.53 bits per heavy atom. The summed E-state index contributed by atoms with van der Waals surface area (Å²) in [7, 11) is 0. The normalized spacial score (nSPS) is 18.6. The SMILES string of the molecule is O=C(NC[C@@H]1CCCO1)c1snnc1-c1cccs1. The van der Waals surface area contributed by atoms with Crippen molar-refractivity contribution in [2.45, 2.75) is 18.9 Å². The Hall–Kier alpha value is -1.31. The molecule has 100 valence electrons. The van der Waals surface area contributed by atoms with Gasteiger partial charge in [-0.1, -0.05) is 10.6 Å². The van der Waals surface area contributed by atoms with Gasteiger partial charge in [0.15, 0.2) is 0 Å². The van der Waals surface area contributed by atoms with Gasteiger partial charge >= 0.3 is 0 Å². The molecule has 3 heterocycles. The molecule has 7 heteroatoms. The summed E-state index contributed by atoms with van der Waals surface area (Å²) in [6.07, 6.45) is 2.23. The fourth-order valence-electron chi connectivity index (χ4n) is 2.01. The van der Waals surface area contributed by atoms with Crippen LogP contribution in [0.3, 0.4) is 0 Å². The van der Waals surface area contributed by atoms with Crippen molar-refractivity contribution < 1.29 is 9.53 Å². The standard InChI is InChI=1S/C12H13N3O2S2/c16-12(13-7-8-3-1-5-17-8)11-10(14-15-19-11)9-4-2-6-18-9/h2,4,6,8H,1,3,5,7H2,(H,13,16)/t8-/m0/s1. The molecule has 2 aromatic rings. The van der Waals surface area contributed by atoms with Crippen LogP contribution >= 0.6 is 22.9 Å². The van der Waals surface area contributed by atoms with Crippen molar-refractivity contribution in [1.29, 1.82) is 0 Å². The van der Waals surface area contributed by atoms with Crippen LogP contribution in [0.15, 0.2) is 17.5 Å². The van der Waals surface area contributed by atoms with Gasteiger partial charge in [-0.25, -0.2) is 0 Å². The highest BCUT2D eigenvalue weighted by atomic mass is 32.1. The molecule has 0 spiro atoms. The minimum absolute atomic E-state index is 0.117. The second-order valence-electron chi connectivity index (χ2n) is 4.27. The van der Waals surface area contributed by atoms with Gasteiger partial charge in [-0.15, -0.1) is 16.4 Å². The lowest BCUT2D eigenvalue weighted by molar-refractivity contribution is 0.0861. The number of nitrogens with zero attached hydrogens (tertiary/aromatic N) is 2. The molecule has 2 aromatic heterocycles. The molecule has 1 amide bonds. The van der Waals surface area contributed by atoms with Crippen LogP contribution in [0.2, 0.25) is 0 Å². The lowest BCUT2D eigenvalue weighted by Gasteiger charge is -2.09. The van der Waals surface area contributed by atoms with Gasteiger partial charge < -0.3 is 10.1 Å². The molecule has 1 saturated heterocycles. The summed E-state index contributed by atoms with van der Waals surface area (Å²) in [6.45, 7) is 1.35. The van der Waals surface area contributed by atoms with Crippen LogP contribution in [0, 0.1) is 0 Å². The molecule has 5 nitrogen and oxygen atoms in total. The smallest absolute Gasteiger partial charge is 0.265 e. The highest BCUT2D eigenvalue weighted by Gasteiger charge is 2.21. The number of hydrogen-bond donors (Lipinski definition) is 1. The molecule has 0 radical (unpaired) electrons. The van der Waals surface area contributed by atoms with E-state index in [4.69, 9.17) is 4.74 Å². The summed E-state index contributed by atoms with van der Waals surface area (Å²) in [5.74, 6) is -0.117. The van der Waals surface area contributed by atoms with Crippen molar-refractivity contribution in [3.05, 3.63) is 22.4 Å². The molecule has 0 unspecified atom stereocenters. The van der Waals surface area contributed by atoms with Crippen LogP contribution < -0.4 is 5.32 Å². The van der Waals surface area contributed by atoms with E-state index >= 15 is 0 Å². The first-order chi connectivity index (χ1) is 9.34. The van der Waals surface area contributed by atoms with E-state index in [1.165, 1.54) is 0 Å². The maximum atomic E-state index is 12.1. The molecule has 3 rings (SSSR count). The number of carbonyl (C=O) groups excluding carboxylic acids is 1. The Labute approximate surface area is 118 Å². The third-order valence-electron chi connectivity index (χ3n) is 2.96. The van der Waals surface area contributed by atoms with Gasteiger partial charge in [-0.2, -0.15) is 0 Å². The third kappa shape index (κ3) is 2.83. The van der Waals surface area contributed by atoms with Crippen LogP contribution in [-0.2, 0) is 4.74 Å². The van der Waals surface area contributed by atoms with Crippen molar-refractivity contribution in [1.82, 2.24) is 14.9 Å². The van der Waals surface area contributed by atoms with E-state index in [1.807, 2.05) is 17.5 Å². The van der Waals surface area contributed by atoms with E-state index in [0.717, 1.165) is 35.9 Å². The highest BCUT2D eigenvalue weighted by Crippen LogP contribution is 2.27. The van der Waals surface area contributed by atoms with Crippen molar-refractivity contribution in [2.75, 3.05) is 13.2 Å². The summed E-state index contributed by atoms with van der Waals surface area (Å²) >= 11 is 2.69. The molecule has 0 saturated carbocycles. The zero-order valence-corrected chi connectivity index (χ0v) is 11.8. The third-order valence-corrected chi connectivity index (χ3v) is 4.56. The molecule has 1 aliphatic rings. The number of carbonyl (C=O) groups is 1. The maximum Gasteiger partial charge on any atom is 0.265 e. The Morgan fingerprint density at radius 1 is 1.58 bits per heavy atom. The number of thiophene rings is 1. The fourth-order valence-corrected chi connectivity index (χ4v) is 3.38. The Bertz CT molecular complexity index is 547. The van der Waals surface area contributed by atoms with E-state index in [-0.39, 0.29) is 12.0 Å². The largest absolute Gasteiger partial charge is 0.376 e. The number of ether oxygens (including phenoxy) is 1. The lowest BCUT2D eigenvalue weighted by atomic mass is 10.2. The summed E-state index contributed by atoms with van der Waals surface area (Å²) in [5.41, 5.74) is 0.671. The van der Waals surface area contributed by atoms with Crippen LogP contribution in [0.1, 0.15) is 22.5 Å². The van der Waals surface area contributed by atoms with Gasteiger partial charge in [-0.05, 0) is 35.8 Å². The van der Waals surface area contributed by atoms with Gasteiger partial charge in [0, 0.05) is 13.2 Å². The monoisotopic (exact) mass is 295 g/mol. The van der Waals surface area contributed by atoms with Gasteiger partial charge in [0.1, 0.15) is 10.6 Å². The van der Waals surface area contributed by atoms with Crippen LogP contribution in [-0.4, -0.2) is 34.7 Å². The summed E-state index contributed by atoms with van der Waals surface area (Å²) in [4.78, 5) is 13.7. The number of hydrogen-bond acceptors (Lipinski definition) is 6. The average molecular weight is 295 g/mol. The number of rotatable bonds is 4. The Morgan fingerprint density at radius 3 is 3.26 bits per heavy atom. The molecule has 1 fully saturated rings. The quantitative estimate of drug-likeness (QED) is 0.939. The topological polar surface area (TPSA) is 64.1 Å². The summed E-state index contributed by atoms with van der Waals surface area (Å²) < 4.78 is 9.37. The highest BCUT2D eigenvalue weighted by molar-refractivity contribution is 7.14. The molecule has 1 aliphatic heterocycles. The van der Waals surface area contributed by atoms with E-state index < -0.39 is 0 Å². The maximum absolute atomic E-state index is 12.1. The lowest BCUT2D eigenvalue weighted by Crippen LogP contribution is -2.31. The average Bonchev–Trinajstić information content (AvgIpc) is 3.14. The van der Waals surface area contributed by atoms with Crippen molar-refractivity contribution in [2.24, 2.45) is 0 Å². The molecule has 1 N–H and O–H groups in total. The number of amides is 1. The van der Waals surface area contributed by atoms with Crippen LogP contribution in [0.25, 0.3) is 10.6 Å². The van der Waals surface area contributed by atoms with Crippen LogP contribution in [0.5, 0.6) is 0 Å². The molecule has 19 heavy (non-hydrogen) atoms. The number of aromatic nitrogens is 2. The minimum Gasteiger partial charge on any atom is -0.376 e. The van der Waals surface area contributed by atoms with E-state index in [1.54, 1.807) is 11.3 Å². The van der Waals surface area contributed by atoms with Gasteiger partial charge in [0.25, 0.3) is 5.91 Å². The van der Waals surface area contributed by atoms with Crippen LogP contribution in [0.4, 0.5) is 0 Å². The summed E-state index contributed by atoms with van der Waals surface area (Å²) in [5, 5.41) is 8.91. The predicted octanol–water partition coefficient (Wildman–Crippen LogP) is 2.18. The fraction of sp³-hybridized carbons (Fsp3) is 0.417. The minimum atomic E-state index is -0.117. The first-order valence-electron chi connectivity index (χ1n) is 6.10. The predicted molar refractivity (Wildman–Crippen MR) is 74.5 cm³/mol. The van der Waals surface area contributed by atoms with Gasteiger partial charge in [0.05, 0.1) is 11.0 Å².